The van der Waals surface area contributed by atoms with E-state index in [-0.39, 0.29) is 48.3 Å². The molecule has 0 fully saturated rings. The van der Waals surface area contributed by atoms with Gasteiger partial charge in [0, 0.05) is 64.9 Å². The second-order valence-electron chi connectivity index (χ2n) is 16.3. The van der Waals surface area contributed by atoms with Gasteiger partial charge in [-0.3, -0.25) is 13.7 Å². The van der Waals surface area contributed by atoms with Crippen LogP contribution in [0.2, 0.25) is 0 Å². The minimum Gasteiger partial charge on any atom is -0.372 e. The molecule has 24 heteroatoms. The number of anilines is 6. The lowest BCUT2D eigenvalue weighted by atomic mass is 10.1. The quantitative estimate of drug-likeness (QED) is 0.0269. The normalized spacial score (nSPS) is 12.3. The third kappa shape index (κ3) is 12.3. The average molecular weight is 1080 g/mol. The van der Waals surface area contributed by atoms with Crippen LogP contribution in [0.3, 0.4) is 0 Å². The summed E-state index contributed by atoms with van der Waals surface area (Å²) in [6.07, 6.45) is 0. The second-order valence-corrected chi connectivity index (χ2v) is 21.4. The summed E-state index contributed by atoms with van der Waals surface area (Å²) in [7, 11) is -13.6. The van der Waals surface area contributed by atoms with Crippen molar-refractivity contribution in [2.75, 3.05) is 46.6 Å². The van der Waals surface area contributed by atoms with Crippen LogP contribution in [-0.2, 0) is 36.1 Å². The maximum atomic E-state index is 12.2. The van der Waals surface area contributed by atoms with E-state index in [1.807, 2.05) is 52.0 Å². The van der Waals surface area contributed by atoms with Crippen molar-refractivity contribution in [3.8, 4) is 0 Å². The molecule has 0 saturated carbocycles. The van der Waals surface area contributed by atoms with Crippen LogP contribution in [0.5, 0.6) is 0 Å². The first kappa shape index (κ1) is 52.9. The van der Waals surface area contributed by atoms with E-state index in [4.69, 9.17) is 15.0 Å². The summed E-state index contributed by atoms with van der Waals surface area (Å²) in [4.78, 5) is 17.8. The highest BCUT2D eigenvalue weighted by Crippen LogP contribution is 2.39. The first-order valence-electron chi connectivity index (χ1n) is 23.0. The lowest BCUT2D eigenvalue weighted by Crippen LogP contribution is -2.21. The van der Waals surface area contributed by atoms with Crippen molar-refractivity contribution >= 4 is 121 Å². The summed E-state index contributed by atoms with van der Waals surface area (Å²) in [6, 6.07) is 35.6. The topological polar surface area (TPSA) is 282 Å². The molecule has 7 aromatic carbocycles. The number of nitrogens with zero attached hydrogens (tertiary/aromatic N) is 9. The molecule has 1 aromatic heterocycles. The third-order valence-corrected chi connectivity index (χ3v) is 15.3. The number of hydrogen-bond donors (Lipinski definition) is 5. The fourth-order valence-corrected chi connectivity index (χ4v) is 10.8. The number of azo groups is 2. The molecular formula is C50H49N11O9S4. The Hall–Kier alpha value is -7.45. The first-order valence-corrected chi connectivity index (χ1v) is 28.3. The van der Waals surface area contributed by atoms with Gasteiger partial charge in [0.2, 0.25) is 11.9 Å². The second kappa shape index (κ2) is 22.3. The Morgan fingerprint density at radius 2 is 0.892 bits per heavy atom. The molecule has 0 amide bonds. The first-order chi connectivity index (χ1) is 35.4. The van der Waals surface area contributed by atoms with Crippen molar-refractivity contribution in [1.82, 2.24) is 15.0 Å². The van der Waals surface area contributed by atoms with Crippen LogP contribution in [0.15, 0.2) is 174 Å². The molecule has 8 rings (SSSR count). The van der Waals surface area contributed by atoms with Gasteiger partial charge in [-0.15, -0.1) is 20.5 Å². The minimum absolute atomic E-state index is 0.0567. The lowest BCUT2D eigenvalue weighted by molar-refractivity contribution is 0.481. The van der Waals surface area contributed by atoms with E-state index in [0.717, 1.165) is 23.1 Å². The molecule has 0 spiro atoms. The Morgan fingerprint density at radius 1 is 0.473 bits per heavy atom. The van der Waals surface area contributed by atoms with Crippen molar-refractivity contribution < 1.29 is 38.9 Å². The number of rotatable bonds is 20. The zero-order valence-electron chi connectivity index (χ0n) is 40.2. The summed E-state index contributed by atoms with van der Waals surface area (Å²) in [5.74, 6) is 0.289. The van der Waals surface area contributed by atoms with Gasteiger partial charge in [0.25, 0.3) is 30.4 Å². The highest BCUT2D eigenvalue weighted by molar-refractivity contribution is 7.98. The molecule has 8 aromatic rings. The van der Waals surface area contributed by atoms with Crippen LogP contribution in [0.25, 0.3) is 21.5 Å². The Labute approximate surface area is 432 Å². The zero-order chi connectivity index (χ0) is 52.8. The Morgan fingerprint density at radius 3 is 1.31 bits per heavy atom. The fourth-order valence-electron chi connectivity index (χ4n) is 8.06. The third-order valence-electron chi connectivity index (χ3n) is 11.7. The van der Waals surface area contributed by atoms with Crippen LogP contribution in [0.4, 0.5) is 57.4 Å². The highest BCUT2D eigenvalue weighted by atomic mass is 32.2. The predicted octanol–water partition coefficient (Wildman–Crippen LogP) is 12.2. The Bertz CT molecular complexity index is 3610. The van der Waals surface area contributed by atoms with Crippen LogP contribution in [0, 0.1) is 0 Å². The molecule has 0 aliphatic heterocycles. The molecular weight excluding hydrogens is 1030 g/mol. The zero-order valence-corrected chi connectivity index (χ0v) is 43.5. The summed E-state index contributed by atoms with van der Waals surface area (Å²) in [5.41, 5.74) is 4.44. The molecule has 0 unspecified atom stereocenters. The predicted molar refractivity (Wildman–Crippen MR) is 288 cm³/mol. The van der Waals surface area contributed by atoms with E-state index in [0.29, 0.717) is 76.6 Å². The Balaban J connectivity index is 1.23. The number of aromatic nitrogens is 3. The number of benzene rings is 7. The molecule has 1 heterocycles. The van der Waals surface area contributed by atoms with E-state index in [1.54, 1.807) is 66.7 Å². The van der Waals surface area contributed by atoms with Gasteiger partial charge in [0.15, 0.2) is 5.16 Å². The van der Waals surface area contributed by atoms with Crippen molar-refractivity contribution in [2.45, 2.75) is 53.3 Å². The van der Waals surface area contributed by atoms with Gasteiger partial charge in [-0.2, -0.15) is 40.2 Å². The van der Waals surface area contributed by atoms with Crippen LogP contribution >= 0.6 is 11.8 Å². The number of nitrogens with one attached hydrogen (secondary N) is 2. The number of thioether (sulfide) groups is 1. The molecule has 0 aliphatic carbocycles. The van der Waals surface area contributed by atoms with Crippen molar-refractivity contribution in [3.05, 3.63) is 139 Å². The van der Waals surface area contributed by atoms with Crippen molar-refractivity contribution in [3.63, 3.8) is 0 Å². The summed E-state index contributed by atoms with van der Waals surface area (Å²) < 4.78 is 103. The van der Waals surface area contributed by atoms with Gasteiger partial charge in [0.05, 0.1) is 27.6 Å². The standard InChI is InChI=1S/C50H49N11O9S4/c1-5-60(6-2)33-20-22-42(58-56-40-24-26-46(73(65,66)67)38-18-11-9-16-36(38)40)44(29-33)51-48-53-49(55-50(54-48)71-31-32-14-13-15-35(28-32)72(62,63)64)52-45-30-34(61(7-3)8-4)21-23-43(45)59-57-41-25-27-47(74(68,69)70)39-19-12-10-17-37(39)41/h9-30H,5-8,31H2,1-4H3,(H,62,63,64)(H,65,66,67)(H,68,69,70)(H2,51,52,53,54,55)/b58-56+,59-57+. The van der Waals surface area contributed by atoms with Crippen LogP contribution in [0.1, 0.15) is 33.3 Å². The summed E-state index contributed by atoms with van der Waals surface area (Å²) >= 11 is 1.16. The molecule has 0 radical (unpaired) electrons. The summed E-state index contributed by atoms with van der Waals surface area (Å²) in [5, 5.41) is 26.6. The van der Waals surface area contributed by atoms with Gasteiger partial charge in [-0.1, -0.05) is 72.4 Å². The number of hydrogen-bond acceptors (Lipinski definition) is 18. The molecule has 0 atom stereocenters. The van der Waals surface area contributed by atoms with Gasteiger partial charge < -0.3 is 20.4 Å². The van der Waals surface area contributed by atoms with Crippen LogP contribution < -0.4 is 20.4 Å². The summed E-state index contributed by atoms with van der Waals surface area (Å²) in [6.45, 7) is 10.8. The van der Waals surface area contributed by atoms with Gasteiger partial charge in [-0.05, 0) is 106 Å². The maximum Gasteiger partial charge on any atom is 0.295 e. The van der Waals surface area contributed by atoms with E-state index >= 15 is 0 Å². The maximum absolute atomic E-state index is 12.2. The molecule has 0 aliphatic rings. The SMILES string of the molecule is CCN(CC)c1ccc(/N=N/c2ccc(S(=O)(=O)O)c3ccccc23)c(Nc2nc(Nc3cc(N(CC)CC)ccc3/N=N/c3ccc(S(=O)(=O)O)c4ccccc34)nc(SCc3cccc(S(=O)(=O)O)c3)n2)c1. The van der Waals surface area contributed by atoms with E-state index in [1.165, 1.54) is 42.5 Å². The molecule has 74 heavy (non-hydrogen) atoms. The molecule has 5 N–H and O–H groups in total. The number of fused-ring (bicyclic) bond motifs is 2. The minimum atomic E-state index is -4.55. The lowest BCUT2D eigenvalue weighted by Gasteiger charge is -2.22. The van der Waals surface area contributed by atoms with Crippen molar-refractivity contribution in [1.29, 1.82) is 0 Å². The molecule has 20 nitrogen and oxygen atoms in total. The van der Waals surface area contributed by atoms with Gasteiger partial charge in [-0.25, -0.2) is 0 Å². The monoisotopic (exact) mass is 1080 g/mol. The average Bonchev–Trinajstić information content (AvgIpc) is 3.37. The molecule has 0 bridgehead atoms. The Kier molecular flexibility index (Phi) is 16.0. The highest BCUT2D eigenvalue weighted by Gasteiger charge is 2.20. The fraction of sp³-hybridized carbons (Fsp3) is 0.180. The largest absolute Gasteiger partial charge is 0.372 e. The van der Waals surface area contributed by atoms with Gasteiger partial charge in [0.1, 0.15) is 21.2 Å². The molecule has 382 valence electrons. The van der Waals surface area contributed by atoms with E-state index < -0.39 is 30.4 Å². The van der Waals surface area contributed by atoms with Gasteiger partial charge >= 0.3 is 0 Å². The van der Waals surface area contributed by atoms with E-state index in [9.17, 15) is 38.9 Å². The smallest absolute Gasteiger partial charge is 0.295 e. The molecule has 0 saturated heterocycles. The van der Waals surface area contributed by atoms with Crippen LogP contribution in [-0.4, -0.2) is 80.0 Å². The van der Waals surface area contributed by atoms with Crippen molar-refractivity contribution in [2.24, 2.45) is 20.5 Å². The van der Waals surface area contributed by atoms with E-state index in [2.05, 4.69) is 40.9 Å².